The highest BCUT2D eigenvalue weighted by Gasteiger charge is 2.12. The van der Waals surface area contributed by atoms with Crippen molar-refractivity contribution in [3.63, 3.8) is 0 Å². The van der Waals surface area contributed by atoms with Crippen LogP contribution in [-0.2, 0) is 0 Å². The van der Waals surface area contributed by atoms with Crippen LogP contribution in [0.25, 0.3) is 10.2 Å². The summed E-state index contributed by atoms with van der Waals surface area (Å²) >= 11 is 7.61. The number of hydrogen-bond acceptors (Lipinski definition) is 4. The fourth-order valence-corrected chi connectivity index (χ4v) is 3.48. The zero-order valence-corrected chi connectivity index (χ0v) is 14.6. The lowest BCUT2D eigenvalue weighted by molar-refractivity contribution is 0.0962. The Morgan fingerprint density at radius 1 is 1.13 bits per heavy atom. The number of hydrogen-bond donors (Lipinski definition) is 2. The first kappa shape index (κ1) is 15.8. The quantitative estimate of drug-likeness (QED) is 0.680. The summed E-state index contributed by atoms with van der Waals surface area (Å²) < 4.78 is 0.912. The van der Waals surface area contributed by atoms with E-state index in [1.165, 1.54) is 11.3 Å². The number of nitrogens with zero attached hydrogens (tertiary/aromatic N) is 1. The summed E-state index contributed by atoms with van der Waals surface area (Å²) in [5.41, 5.74) is 10.1. The van der Waals surface area contributed by atoms with E-state index >= 15 is 0 Å². The molecule has 3 aromatic rings. The largest absolute Gasteiger partial charge is 0.273 e. The average Bonchev–Trinajstić information content (AvgIpc) is 2.96. The molecule has 0 saturated heterocycles. The van der Waals surface area contributed by atoms with Crippen LogP contribution >= 0.6 is 22.9 Å². The predicted octanol–water partition coefficient (Wildman–Crippen LogP) is 4.63. The van der Waals surface area contributed by atoms with Crippen molar-refractivity contribution in [2.45, 2.75) is 20.8 Å². The van der Waals surface area contributed by atoms with Crippen LogP contribution in [0.5, 0.6) is 0 Å². The van der Waals surface area contributed by atoms with Crippen molar-refractivity contribution in [1.82, 2.24) is 10.4 Å². The van der Waals surface area contributed by atoms with Crippen molar-refractivity contribution in [2.75, 3.05) is 5.43 Å². The first-order valence-corrected chi connectivity index (χ1v) is 8.34. The highest BCUT2D eigenvalue weighted by Crippen LogP contribution is 2.33. The van der Waals surface area contributed by atoms with Gasteiger partial charge in [0.1, 0.15) is 0 Å². The van der Waals surface area contributed by atoms with E-state index in [0.717, 1.165) is 26.9 Å². The lowest BCUT2D eigenvalue weighted by Gasteiger charge is -2.08. The Morgan fingerprint density at radius 3 is 2.61 bits per heavy atom. The minimum Gasteiger partial charge on any atom is -0.273 e. The maximum Gasteiger partial charge on any atom is 0.269 e. The zero-order valence-electron chi connectivity index (χ0n) is 13.0. The molecule has 1 aromatic heterocycles. The molecule has 6 heteroatoms. The Hall–Kier alpha value is -2.11. The first-order valence-electron chi connectivity index (χ1n) is 7.15. The summed E-state index contributed by atoms with van der Waals surface area (Å²) in [6, 6.07) is 9.58. The smallest absolute Gasteiger partial charge is 0.269 e. The highest BCUT2D eigenvalue weighted by atomic mass is 35.5. The molecule has 3 rings (SSSR count). The second-order valence-corrected chi connectivity index (χ2v) is 6.86. The lowest BCUT2D eigenvalue weighted by atomic mass is 10.1. The van der Waals surface area contributed by atoms with E-state index in [-0.39, 0.29) is 5.91 Å². The molecule has 1 heterocycles. The molecule has 0 spiro atoms. The van der Waals surface area contributed by atoms with Gasteiger partial charge in [-0.1, -0.05) is 46.7 Å². The third kappa shape index (κ3) is 3.16. The number of aromatic nitrogens is 1. The minimum absolute atomic E-state index is 0.187. The fourth-order valence-electron chi connectivity index (χ4n) is 2.31. The maximum absolute atomic E-state index is 12.3. The molecule has 23 heavy (non-hydrogen) atoms. The van der Waals surface area contributed by atoms with Crippen LogP contribution in [0.2, 0.25) is 5.02 Å². The van der Waals surface area contributed by atoms with Gasteiger partial charge >= 0.3 is 0 Å². The normalized spacial score (nSPS) is 10.8. The summed E-state index contributed by atoms with van der Waals surface area (Å²) in [6.07, 6.45) is 0. The van der Waals surface area contributed by atoms with E-state index in [1.54, 1.807) is 0 Å². The third-order valence-corrected chi connectivity index (χ3v) is 5.05. The number of aryl methyl sites for hydroxylation is 3. The molecule has 1 amide bonds. The molecule has 0 fully saturated rings. The van der Waals surface area contributed by atoms with Gasteiger partial charge in [0.2, 0.25) is 5.13 Å². The number of anilines is 1. The Kier molecular flexibility index (Phi) is 4.24. The van der Waals surface area contributed by atoms with Gasteiger partial charge in [0.05, 0.1) is 15.2 Å². The van der Waals surface area contributed by atoms with Crippen LogP contribution in [-0.4, -0.2) is 10.9 Å². The van der Waals surface area contributed by atoms with E-state index in [4.69, 9.17) is 11.6 Å². The van der Waals surface area contributed by atoms with Crippen LogP contribution in [0.3, 0.4) is 0 Å². The molecule has 0 aliphatic heterocycles. The Bertz CT molecular complexity index is 865. The van der Waals surface area contributed by atoms with Crippen LogP contribution in [0.15, 0.2) is 30.3 Å². The van der Waals surface area contributed by atoms with Gasteiger partial charge in [-0.05, 0) is 44.0 Å². The standard InChI is InChI=1S/C17H16ClN3OS/c1-9-4-5-10(2)12(8-9)16(22)20-21-17-19-14-11(3)6-7-13(18)15(14)23-17/h4-8H,1-3H3,(H,19,21)(H,20,22). The third-order valence-electron chi connectivity index (χ3n) is 3.62. The monoisotopic (exact) mass is 345 g/mol. The second kappa shape index (κ2) is 6.18. The van der Waals surface area contributed by atoms with Gasteiger partial charge < -0.3 is 0 Å². The minimum atomic E-state index is -0.187. The number of hydrazine groups is 1. The van der Waals surface area contributed by atoms with Crippen molar-refractivity contribution in [1.29, 1.82) is 0 Å². The molecule has 4 nitrogen and oxygen atoms in total. The number of carbonyl (C=O) groups is 1. The van der Waals surface area contributed by atoms with E-state index in [1.807, 2.05) is 51.1 Å². The number of nitrogens with one attached hydrogen (secondary N) is 2. The summed E-state index contributed by atoms with van der Waals surface area (Å²) in [5.74, 6) is -0.187. The van der Waals surface area contributed by atoms with Gasteiger partial charge in [0, 0.05) is 5.56 Å². The van der Waals surface area contributed by atoms with Crippen molar-refractivity contribution in [2.24, 2.45) is 0 Å². The van der Waals surface area contributed by atoms with Gasteiger partial charge in [-0.25, -0.2) is 4.98 Å². The molecule has 118 valence electrons. The van der Waals surface area contributed by atoms with Crippen LogP contribution < -0.4 is 10.9 Å². The van der Waals surface area contributed by atoms with Crippen LogP contribution in [0.1, 0.15) is 27.0 Å². The molecule has 2 aromatic carbocycles. The summed E-state index contributed by atoms with van der Waals surface area (Å²) in [5, 5.41) is 1.27. The summed E-state index contributed by atoms with van der Waals surface area (Å²) in [6.45, 7) is 5.86. The number of carbonyl (C=O) groups excluding carboxylic acids is 1. The molecular weight excluding hydrogens is 330 g/mol. The van der Waals surface area contributed by atoms with Crippen molar-refractivity contribution in [3.8, 4) is 0 Å². The van der Waals surface area contributed by atoms with Crippen LogP contribution in [0.4, 0.5) is 5.13 Å². The van der Waals surface area contributed by atoms with Crippen molar-refractivity contribution in [3.05, 3.63) is 57.6 Å². The van der Waals surface area contributed by atoms with E-state index in [0.29, 0.717) is 15.7 Å². The number of amides is 1. The number of fused-ring (bicyclic) bond motifs is 1. The maximum atomic E-state index is 12.3. The fraction of sp³-hybridized carbons (Fsp3) is 0.176. The number of thiazole rings is 1. The Labute approximate surface area is 143 Å². The predicted molar refractivity (Wildman–Crippen MR) is 96.4 cm³/mol. The average molecular weight is 346 g/mol. The van der Waals surface area contributed by atoms with E-state index in [9.17, 15) is 4.79 Å². The second-order valence-electron chi connectivity index (χ2n) is 5.46. The topological polar surface area (TPSA) is 54.0 Å². The SMILES string of the molecule is Cc1ccc(C)c(C(=O)NNc2nc3c(C)ccc(Cl)c3s2)c1. The van der Waals surface area contributed by atoms with E-state index < -0.39 is 0 Å². The zero-order chi connectivity index (χ0) is 16.6. The van der Waals surface area contributed by atoms with Crippen molar-refractivity contribution >= 4 is 44.2 Å². The van der Waals surface area contributed by atoms with Gasteiger partial charge in [0.25, 0.3) is 5.91 Å². The molecular formula is C17H16ClN3OS. The van der Waals surface area contributed by atoms with E-state index in [2.05, 4.69) is 15.8 Å². The molecule has 0 unspecified atom stereocenters. The Morgan fingerprint density at radius 2 is 1.87 bits per heavy atom. The molecule has 0 radical (unpaired) electrons. The van der Waals surface area contributed by atoms with Gasteiger partial charge in [0.15, 0.2) is 0 Å². The van der Waals surface area contributed by atoms with Crippen LogP contribution in [0, 0.1) is 20.8 Å². The number of halogens is 1. The molecule has 2 N–H and O–H groups in total. The first-order chi connectivity index (χ1) is 11.0. The summed E-state index contributed by atoms with van der Waals surface area (Å²) in [7, 11) is 0. The molecule has 0 bridgehead atoms. The molecule has 0 saturated carbocycles. The molecule has 0 atom stereocenters. The molecule has 0 aliphatic carbocycles. The number of rotatable bonds is 3. The summed E-state index contributed by atoms with van der Waals surface area (Å²) in [4.78, 5) is 16.8. The highest BCUT2D eigenvalue weighted by molar-refractivity contribution is 7.22. The molecule has 0 aliphatic rings. The van der Waals surface area contributed by atoms with Gasteiger partial charge in [-0.3, -0.25) is 15.6 Å². The van der Waals surface area contributed by atoms with Gasteiger partial charge in [-0.15, -0.1) is 0 Å². The number of benzene rings is 2. The van der Waals surface area contributed by atoms with Crippen molar-refractivity contribution < 1.29 is 4.79 Å². The van der Waals surface area contributed by atoms with Gasteiger partial charge in [-0.2, -0.15) is 0 Å². The Balaban J connectivity index is 1.81. The lowest BCUT2D eigenvalue weighted by Crippen LogP contribution is -2.29.